The van der Waals surface area contributed by atoms with Gasteiger partial charge in [-0.3, -0.25) is 0 Å². The molecule has 2 aromatic carbocycles. The van der Waals surface area contributed by atoms with Crippen LogP contribution in [0.25, 0.3) is 0 Å². The Bertz CT molecular complexity index is 484. The van der Waals surface area contributed by atoms with Crippen molar-refractivity contribution in [2.45, 2.75) is 6.10 Å². The van der Waals surface area contributed by atoms with Gasteiger partial charge in [0, 0.05) is 19.3 Å². The number of aliphatic hydroxyl groups is 1. The third-order valence-electron chi connectivity index (χ3n) is 2.90. The monoisotopic (exact) mass is 245 g/mol. The maximum Gasteiger partial charge on any atom is 0.123 e. The lowest BCUT2D eigenvalue weighted by atomic mass is 10.1. The van der Waals surface area contributed by atoms with Gasteiger partial charge < -0.3 is 10.0 Å². The van der Waals surface area contributed by atoms with Crippen LogP contribution in [0.15, 0.2) is 54.6 Å². The third kappa shape index (κ3) is 3.08. The van der Waals surface area contributed by atoms with Crippen molar-refractivity contribution in [2.75, 3.05) is 18.5 Å². The van der Waals surface area contributed by atoms with Crippen LogP contribution in [0.4, 0.5) is 10.1 Å². The summed E-state index contributed by atoms with van der Waals surface area (Å²) in [6.07, 6.45) is -0.554. The van der Waals surface area contributed by atoms with Crippen molar-refractivity contribution in [3.63, 3.8) is 0 Å². The van der Waals surface area contributed by atoms with E-state index in [2.05, 4.69) is 0 Å². The molecule has 0 aliphatic heterocycles. The second-order valence-corrected chi connectivity index (χ2v) is 4.28. The number of rotatable bonds is 4. The molecule has 0 radical (unpaired) electrons. The second-order valence-electron chi connectivity index (χ2n) is 4.28. The maximum atomic E-state index is 12.8. The molecule has 3 heteroatoms. The van der Waals surface area contributed by atoms with E-state index in [1.165, 1.54) is 12.1 Å². The van der Waals surface area contributed by atoms with Gasteiger partial charge in [-0.25, -0.2) is 4.39 Å². The number of aliphatic hydroxyl groups excluding tert-OH is 1. The highest BCUT2D eigenvalue weighted by molar-refractivity contribution is 5.45. The van der Waals surface area contributed by atoms with Crippen molar-refractivity contribution >= 4 is 5.69 Å². The van der Waals surface area contributed by atoms with Crippen molar-refractivity contribution in [1.29, 1.82) is 0 Å². The van der Waals surface area contributed by atoms with Gasteiger partial charge in [0.1, 0.15) is 5.82 Å². The highest BCUT2D eigenvalue weighted by Gasteiger charge is 2.10. The number of likely N-dealkylation sites (N-methyl/N-ethyl adjacent to an activating group) is 1. The van der Waals surface area contributed by atoms with Crippen LogP contribution in [0.2, 0.25) is 0 Å². The van der Waals surface area contributed by atoms with Crippen LogP contribution in [0.1, 0.15) is 11.7 Å². The first-order valence-corrected chi connectivity index (χ1v) is 5.86. The number of benzene rings is 2. The van der Waals surface area contributed by atoms with Crippen molar-refractivity contribution in [1.82, 2.24) is 0 Å². The minimum absolute atomic E-state index is 0.254. The minimum atomic E-state index is -0.554. The molecule has 0 spiro atoms. The first-order valence-electron chi connectivity index (χ1n) is 5.86. The Labute approximate surface area is 106 Å². The molecular formula is C15H16FNO. The number of anilines is 1. The first kappa shape index (κ1) is 12.6. The van der Waals surface area contributed by atoms with E-state index >= 15 is 0 Å². The van der Waals surface area contributed by atoms with E-state index in [1.807, 2.05) is 42.3 Å². The van der Waals surface area contributed by atoms with Gasteiger partial charge in [0.05, 0.1) is 6.10 Å². The summed E-state index contributed by atoms with van der Waals surface area (Å²) in [5.41, 5.74) is 1.76. The van der Waals surface area contributed by atoms with Gasteiger partial charge >= 0.3 is 0 Å². The molecular weight excluding hydrogens is 229 g/mol. The molecule has 2 rings (SSSR count). The van der Waals surface area contributed by atoms with Crippen LogP contribution in [0, 0.1) is 5.82 Å². The van der Waals surface area contributed by atoms with E-state index in [4.69, 9.17) is 0 Å². The Hall–Kier alpha value is -1.87. The molecule has 1 atom stereocenters. The van der Waals surface area contributed by atoms with Crippen LogP contribution in [0.5, 0.6) is 0 Å². The zero-order valence-electron chi connectivity index (χ0n) is 10.3. The Morgan fingerprint density at radius 3 is 2.28 bits per heavy atom. The lowest BCUT2D eigenvalue weighted by molar-refractivity contribution is 0.185. The zero-order chi connectivity index (χ0) is 13.0. The number of nitrogens with zero attached hydrogens (tertiary/aromatic N) is 1. The largest absolute Gasteiger partial charge is 0.387 e. The molecule has 2 nitrogen and oxygen atoms in total. The van der Waals surface area contributed by atoms with Crippen molar-refractivity contribution in [2.24, 2.45) is 0 Å². The van der Waals surface area contributed by atoms with E-state index in [1.54, 1.807) is 12.1 Å². The summed E-state index contributed by atoms with van der Waals surface area (Å²) >= 11 is 0. The lowest BCUT2D eigenvalue weighted by Gasteiger charge is -2.23. The zero-order valence-corrected chi connectivity index (χ0v) is 10.3. The fourth-order valence-corrected chi connectivity index (χ4v) is 1.84. The maximum absolute atomic E-state index is 12.8. The van der Waals surface area contributed by atoms with Gasteiger partial charge in [-0.2, -0.15) is 0 Å². The van der Waals surface area contributed by atoms with Crippen molar-refractivity contribution in [3.05, 3.63) is 66.0 Å². The quantitative estimate of drug-likeness (QED) is 0.895. The van der Waals surface area contributed by atoms with Gasteiger partial charge in [0.2, 0.25) is 0 Å². The summed E-state index contributed by atoms with van der Waals surface area (Å²) in [6.45, 7) is 0.468. The molecule has 1 unspecified atom stereocenters. The number of halogens is 1. The van der Waals surface area contributed by atoms with Crippen LogP contribution in [-0.4, -0.2) is 18.7 Å². The molecule has 0 heterocycles. The molecule has 2 aromatic rings. The van der Waals surface area contributed by atoms with Crippen molar-refractivity contribution < 1.29 is 9.50 Å². The Morgan fingerprint density at radius 2 is 1.67 bits per heavy atom. The molecule has 0 bridgehead atoms. The fourth-order valence-electron chi connectivity index (χ4n) is 1.84. The topological polar surface area (TPSA) is 23.5 Å². The average molecular weight is 245 g/mol. The summed E-state index contributed by atoms with van der Waals surface area (Å²) in [7, 11) is 1.87. The third-order valence-corrected chi connectivity index (χ3v) is 2.90. The molecule has 94 valence electrons. The Morgan fingerprint density at radius 1 is 1.06 bits per heavy atom. The van der Waals surface area contributed by atoms with Gasteiger partial charge in [-0.15, -0.1) is 0 Å². The summed E-state index contributed by atoms with van der Waals surface area (Å²) < 4.78 is 12.8. The van der Waals surface area contributed by atoms with Gasteiger partial charge in [-0.05, 0) is 29.8 Å². The number of hydrogen-bond donors (Lipinski definition) is 1. The van der Waals surface area contributed by atoms with Crippen LogP contribution in [0.3, 0.4) is 0 Å². The molecule has 0 saturated carbocycles. The van der Waals surface area contributed by atoms with Gasteiger partial charge in [0.25, 0.3) is 0 Å². The van der Waals surface area contributed by atoms with E-state index < -0.39 is 6.10 Å². The van der Waals surface area contributed by atoms with Crippen LogP contribution in [-0.2, 0) is 0 Å². The molecule has 0 fully saturated rings. The van der Waals surface area contributed by atoms with Crippen LogP contribution < -0.4 is 4.90 Å². The van der Waals surface area contributed by atoms with Crippen molar-refractivity contribution in [3.8, 4) is 0 Å². The number of hydrogen-bond acceptors (Lipinski definition) is 2. The summed E-state index contributed by atoms with van der Waals surface area (Å²) in [6, 6.07) is 15.7. The first-order chi connectivity index (χ1) is 8.66. The molecule has 0 saturated heterocycles. The van der Waals surface area contributed by atoms with E-state index in [0.29, 0.717) is 6.54 Å². The minimum Gasteiger partial charge on any atom is -0.387 e. The highest BCUT2D eigenvalue weighted by Crippen LogP contribution is 2.18. The summed E-state index contributed by atoms with van der Waals surface area (Å²) in [5, 5.41) is 10.1. The van der Waals surface area contributed by atoms with Crippen LogP contribution >= 0.6 is 0 Å². The molecule has 0 amide bonds. The predicted molar refractivity (Wildman–Crippen MR) is 71.1 cm³/mol. The molecule has 0 aliphatic carbocycles. The lowest BCUT2D eigenvalue weighted by Crippen LogP contribution is -2.24. The highest BCUT2D eigenvalue weighted by atomic mass is 19.1. The Kier molecular flexibility index (Phi) is 3.95. The smallest absolute Gasteiger partial charge is 0.123 e. The summed E-state index contributed by atoms with van der Waals surface area (Å²) in [5.74, 6) is -0.254. The standard InChI is InChI=1S/C15H16FNO/c1-17(14-9-7-13(16)8-10-14)11-15(18)12-5-3-2-4-6-12/h2-10,15,18H,11H2,1H3. The summed E-state index contributed by atoms with van der Waals surface area (Å²) in [4.78, 5) is 1.90. The molecule has 0 aromatic heterocycles. The normalized spacial score (nSPS) is 12.2. The SMILES string of the molecule is CN(CC(O)c1ccccc1)c1ccc(F)cc1. The van der Waals surface area contributed by atoms with E-state index in [-0.39, 0.29) is 5.82 Å². The molecule has 1 N–H and O–H groups in total. The molecule has 18 heavy (non-hydrogen) atoms. The predicted octanol–water partition coefficient (Wildman–Crippen LogP) is 3.00. The fraction of sp³-hybridized carbons (Fsp3) is 0.200. The second kappa shape index (κ2) is 5.65. The Balaban J connectivity index is 2.03. The average Bonchev–Trinajstić information content (AvgIpc) is 2.40. The van der Waals surface area contributed by atoms with E-state index in [9.17, 15) is 9.50 Å². The molecule has 0 aliphatic rings. The van der Waals surface area contributed by atoms with E-state index in [0.717, 1.165) is 11.3 Å². The van der Waals surface area contributed by atoms with Gasteiger partial charge in [-0.1, -0.05) is 30.3 Å². The van der Waals surface area contributed by atoms with Gasteiger partial charge in [0.15, 0.2) is 0 Å².